The third kappa shape index (κ3) is 3.22. The number of carbonyl (C=O) groups excluding carboxylic acids is 2. The topological polar surface area (TPSA) is 40.6 Å². The molecular formula is C8H15ClN2O2. The van der Waals surface area contributed by atoms with E-state index in [1.807, 2.05) is 0 Å². The van der Waals surface area contributed by atoms with Gasteiger partial charge in [-0.15, -0.1) is 0 Å². The van der Waals surface area contributed by atoms with Crippen LogP contribution in [-0.2, 0) is 4.79 Å². The molecule has 0 aliphatic heterocycles. The van der Waals surface area contributed by atoms with Crippen molar-refractivity contribution in [1.29, 1.82) is 0 Å². The van der Waals surface area contributed by atoms with Gasteiger partial charge >= 0.3 is 5.37 Å². The van der Waals surface area contributed by atoms with Crippen LogP contribution in [0.4, 0.5) is 4.79 Å². The number of amides is 2. The minimum absolute atomic E-state index is 0.129. The highest BCUT2D eigenvalue weighted by atomic mass is 35.5. The summed E-state index contributed by atoms with van der Waals surface area (Å²) < 4.78 is 0. The first kappa shape index (κ1) is 12.2. The van der Waals surface area contributed by atoms with Crippen LogP contribution in [0.2, 0.25) is 0 Å². The smallest absolute Gasteiger partial charge is 0.317 e. The number of nitrogens with zero attached hydrogens (tertiary/aromatic N) is 2. The number of hydrogen-bond donors (Lipinski definition) is 0. The van der Waals surface area contributed by atoms with E-state index in [2.05, 4.69) is 0 Å². The van der Waals surface area contributed by atoms with Gasteiger partial charge in [-0.1, -0.05) is 0 Å². The SMILES string of the molecule is CCN(C(=O)Cl)C(C)C(=O)N(C)C. The molecule has 76 valence electrons. The Morgan fingerprint density at radius 1 is 1.38 bits per heavy atom. The van der Waals surface area contributed by atoms with Crippen LogP contribution in [0.3, 0.4) is 0 Å². The number of rotatable bonds is 3. The molecule has 5 heteroatoms. The molecule has 0 aromatic carbocycles. The normalized spacial score (nSPS) is 12.1. The third-order valence-corrected chi connectivity index (χ3v) is 2.05. The fourth-order valence-corrected chi connectivity index (χ4v) is 1.32. The molecular weight excluding hydrogens is 192 g/mol. The van der Waals surface area contributed by atoms with E-state index in [0.717, 1.165) is 0 Å². The molecule has 0 radical (unpaired) electrons. The molecule has 0 spiro atoms. The summed E-state index contributed by atoms with van der Waals surface area (Å²) in [4.78, 5) is 25.0. The average Bonchev–Trinajstić information content (AvgIpc) is 2.03. The van der Waals surface area contributed by atoms with E-state index >= 15 is 0 Å². The van der Waals surface area contributed by atoms with Crippen molar-refractivity contribution < 1.29 is 9.59 Å². The summed E-state index contributed by atoms with van der Waals surface area (Å²) in [5.74, 6) is -0.129. The summed E-state index contributed by atoms with van der Waals surface area (Å²) in [5, 5.41) is -0.592. The summed E-state index contributed by atoms with van der Waals surface area (Å²) >= 11 is 5.30. The van der Waals surface area contributed by atoms with E-state index in [1.165, 1.54) is 9.80 Å². The lowest BCUT2D eigenvalue weighted by atomic mass is 10.2. The molecule has 0 aromatic heterocycles. The Bertz CT molecular complexity index is 206. The van der Waals surface area contributed by atoms with Crippen molar-refractivity contribution in [3.8, 4) is 0 Å². The van der Waals surface area contributed by atoms with Crippen molar-refractivity contribution in [2.24, 2.45) is 0 Å². The van der Waals surface area contributed by atoms with Gasteiger partial charge in [-0.2, -0.15) is 0 Å². The number of hydrogen-bond acceptors (Lipinski definition) is 2. The Labute approximate surface area is 83.4 Å². The lowest BCUT2D eigenvalue weighted by molar-refractivity contribution is -0.132. The fraction of sp³-hybridized carbons (Fsp3) is 0.750. The van der Waals surface area contributed by atoms with Gasteiger partial charge in [-0.25, -0.2) is 0 Å². The maximum Gasteiger partial charge on any atom is 0.317 e. The largest absolute Gasteiger partial charge is 0.347 e. The Hall–Kier alpha value is -0.770. The third-order valence-electron chi connectivity index (χ3n) is 1.83. The summed E-state index contributed by atoms with van der Waals surface area (Å²) in [6.07, 6.45) is 0. The van der Waals surface area contributed by atoms with Gasteiger partial charge in [0.1, 0.15) is 6.04 Å². The zero-order chi connectivity index (χ0) is 10.6. The van der Waals surface area contributed by atoms with Crippen LogP contribution in [0.15, 0.2) is 0 Å². The summed E-state index contributed by atoms with van der Waals surface area (Å²) in [6.45, 7) is 3.87. The van der Waals surface area contributed by atoms with Gasteiger partial charge in [0.2, 0.25) is 5.91 Å². The van der Waals surface area contributed by atoms with Gasteiger partial charge in [-0.3, -0.25) is 9.59 Å². The van der Waals surface area contributed by atoms with Crippen molar-refractivity contribution in [2.75, 3.05) is 20.6 Å². The van der Waals surface area contributed by atoms with Gasteiger partial charge in [0.25, 0.3) is 0 Å². The van der Waals surface area contributed by atoms with Crippen molar-refractivity contribution in [3.05, 3.63) is 0 Å². The number of carbonyl (C=O) groups is 2. The minimum atomic E-state index is -0.592. The summed E-state index contributed by atoms with van der Waals surface area (Å²) in [6, 6.07) is -0.495. The predicted molar refractivity (Wildman–Crippen MR) is 51.8 cm³/mol. The maximum atomic E-state index is 11.4. The Morgan fingerprint density at radius 3 is 2.08 bits per heavy atom. The van der Waals surface area contributed by atoms with E-state index in [0.29, 0.717) is 6.54 Å². The van der Waals surface area contributed by atoms with Gasteiger partial charge < -0.3 is 9.80 Å². The van der Waals surface area contributed by atoms with E-state index < -0.39 is 11.4 Å². The average molecular weight is 207 g/mol. The van der Waals surface area contributed by atoms with Crippen molar-refractivity contribution >= 4 is 22.9 Å². The van der Waals surface area contributed by atoms with Gasteiger partial charge in [0, 0.05) is 20.6 Å². The fourth-order valence-electron chi connectivity index (χ4n) is 1.06. The highest BCUT2D eigenvalue weighted by Gasteiger charge is 2.24. The standard InChI is InChI=1S/C8H15ClN2O2/c1-5-11(8(9)13)6(2)7(12)10(3)4/h6H,5H2,1-4H3. The van der Waals surface area contributed by atoms with Crippen LogP contribution in [-0.4, -0.2) is 47.8 Å². The van der Waals surface area contributed by atoms with Crippen molar-refractivity contribution in [2.45, 2.75) is 19.9 Å². The van der Waals surface area contributed by atoms with E-state index in [4.69, 9.17) is 11.6 Å². The van der Waals surface area contributed by atoms with E-state index in [9.17, 15) is 9.59 Å². The van der Waals surface area contributed by atoms with Gasteiger partial charge in [0.05, 0.1) is 0 Å². The second kappa shape index (κ2) is 5.07. The number of likely N-dealkylation sites (N-methyl/N-ethyl adjacent to an activating group) is 2. The molecule has 1 atom stereocenters. The quantitative estimate of drug-likeness (QED) is 0.513. The molecule has 2 amide bonds. The highest BCUT2D eigenvalue weighted by molar-refractivity contribution is 6.63. The molecule has 0 aromatic rings. The first-order valence-electron chi connectivity index (χ1n) is 4.09. The molecule has 0 fully saturated rings. The first-order valence-corrected chi connectivity index (χ1v) is 4.46. The maximum absolute atomic E-state index is 11.4. The second-order valence-corrected chi connectivity index (χ2v) is 3.27. The predicted octanol–water partition coefficient (Wildman–Crippen LogP) is 1.14. The zero-order valence-corrected chi connectivity index (χ0v) is 9.13. The molecule has 0 bridgehead atoms. The summed E-state index contributed by atoms with van der Waals surface area (Å²) in [5.41, 5.74) is 0. The number of halogens is 1. The molecule has 1 unspecified atom stereocenters. The van der Waals surface area contributed by atoms with Crippen LogP contribution < -0.4 is 0 Å². The van der Waals surface area contributed by atoms with Crippen LogP contribution in [0.25, 0.3) is 0 Å². The molecule has 0 heterocycles. The molecule has 0 aliphatic carbocycles. The lowest BCUT2D eigenvalue weighted by Crippen LogP contribution is -2.45. The lowest BCUT2D eigenvalue weighted by Gasteiger charge is -2.26. The Morgan fingerprint density at radius 2 is 1.85 bits per heavy atom. The molecule has 4 nitrogen and oxygen atoms in total. The molecule has 13 heavy (non-hydrogen) atoms. The van der Waals surface area contributed by atoms with Crippen LogP contribution in [0.5, 0.6) is 0 Å². The monoisotopic (exact) mass is 206 g/mol. The Kier molecular flexibility index (Phi) is 4.77. The van der Waals surface area contributed by atoms with E-state index in [1.54, 1.807) is 27.9 Å². The van der Waals surface area contributed by atoms with Gasteiger partial charge in [-0.05, 0) is 25.4 Å². The van der Waals surface area contributed by atoms with Gasteiger partial charge in [0.15, 0.2) is 0 Å². The molecule has 0 rings (SSSR count). The minimum Gasteiger partial charge on any atom is -0.347 e. The molecule has 0 saturated carbocycles. The van der Waals surface area contributed by atoms with Crippen molar-refractivity contribution in [3.63, 3.8) is 0 Å². The molecule has 0 aliphatic rings. The first-order chi connectivity index (χ1) is 5.91. The molecule has 0 N–H and O–H groups in total. The van der Waals surface area contributed by atoms with Crippen LogP contribution >= 0.6 is 11.6 Å². The van der Waals surface area contributed by atoms with Crippen LogP contribution in [0.1, 0.15) is 13.8 Å². The van der Waals surface area contributed by atoms with E-state index in [-0.39, 0.29) is 5.91 Å². The summed E-state index contributed by atoms with van der Waals surface area (Å²) in [7, 11) is 3.29. The second-order valence-electron chi connectivity index (χ2n) is 2.95. The zero-order valence-electron chi connectivity index (χ0n) is 8.37. The van der Waals surface area contributed by atoms with Crippen molar-refractivity contribution in [1.82, 2.24) is 9.80 Å². The Balaban J connectivity index is 4.46. The van der Waals surface area contributed by atoms with Crippen LogP contribution in [0, 0.1) is 0 Å². The highest BCUT2D eigenvalue weighted by Crippen LogP contribution is 2.05. The molecule has 0 saturated heterocycles.